The van der Waals surface area contributed by atoms with Gasteiger partial charge in [0, 0.05) is 12.1 Å². The molecule has 0 unspecified atom stereocenters. The molecule has 0 aromatic heterocycles. The molecule has 0 radical (unpaired) electrons. The van der Waals surface area contributed by atoms with Crippen LogP contribution in [0.25, 0.3) is 22.8 Å². The van der Waals surface area contributed by atoms with Crippen molar-refractivity contribution in [1.82, 2.24) is 5.32 Å². The summed E-state index contributed by atoms with van der Waals surface area (Å²) in [5.41, 5.74) is 7.37. The van der Waals surface area contributed by atoms with E-state index in [0.29, 0.717) is 5.57 Å². The van der Waals surface area contributed by atoms with E-state index in [1.165, 1.54) is 11.1 Å². The maximum absolute atomic E-state index is 12.6. The molecular formula is C26H23NO3. The molecule has 150 valence electrons. The van der Waals surface area contributed by atoms with Crippen molar-refractivity contribution < 1.29 is 14.7 Å². The number of carbonyl (C=O) groups is 2. The molecule has 1 heterocycles. The lowest BCUT2D eigenvalue weighted by Gasteiger charge is -2.23. The molecule has 0 spiro atoms. The van der Waals surface area contributed by atoms with E-state index in [4.69, 9.17) is 5.11 Å². The SMILES string of the molecule is CC(=O)/C(=C/c1ccc(C(=O)O)cc1)c1cc2c(c(-c3ccccc3)c1)CCNC2. The first kappa shape index (κ1) is 19.8. The van der Waals surface area contributed by atoms with Gasteiger partial charge < -0.3 is 10.4 Å². The van der Waals surface area contributed by atoms with Gasteiger partial charge in [-0.2, -0.15) is 0 Å². The smallest absolute Gasteiger partial charge is 0.335 e. The lowest BCUT2D eigenvalue weighted by molar-refractivity contribution is -0.111. The largest absolute Gasteiger partial charge is 0.478 e. The minimum absolute atomic E-state index is 0.0277. The number of ketones is 1. The Bertz CT molecular complexity index is 1130. The van der Waals surface area contributed by atoms with Gasteiger partial charge in [-0.15, -0.1) is 0 Å². The summed E-state index contributed by atoms with van der Waals surface area (Å²) in [7, 11) is 0. The summed E-state index contributed by atoms with van der Waals surface area (Å²) in [5.74, 6) is -0.993. The Morgan fingerprint density at radius 2 is 1.70 bits per heavy atom. The van der Waals surface area contributed by atoms with Crippen LogP contribution < -0.4 is 5.32 Å². The molecule has 0 aliphatic carbocycles. The third-order valence-electron chi connectivity index (χ3n) is 5.45. The average Bonchev–Trinajstić information content (AvgIpc) is 2.77. The molecule has 0 atom stereocenters. The summed E-state index contributed by atoms with van der Waals surface area (Å²) in [6.45, 7) is 3.29. The molecule has 3 aromatic carbocycles. The summed E-state index contributed by atoms with van der Waals surface area (Å²) in [6, 6.07) is 21.0. The predicted octanol–water partition coefficient (Wildman–Crippen LogP) is 4.83. The van der Waals surface area contributed by atoms with E-state index in [9.17, 15) is 9.59 Å². The number of aromatic carboxylic acids is 1. The van der Waals surface area contributed by atoms with E-state index < -0.39 is 5.97 Å². The molecule has 4 nitrogen and oxygen atoms in total. The number of nitrogens with one attached hydrogen (secondary N) is 1. The van der Waals surface area contributed by atoms with Gasteiger partial charge in [0.25, 0.3) is 0 Å². The first-order valence-corrected chi connectivity index (χ1v) is 10.0. The van der Waals surface area contributed by atoms with Crippen molar-refractivity contribution in [3.8, 4) is 11.1 Å². The van der Waals surface area contributed by atoms with Crippen LogP contribution >= 0.6 is 0 Å². The maximum atomic E-state index is 12.6. The molecule has 3 aromatic rings. The van der Waals surface area contributed by atoms with Crippen molar-refractivity contribution in [1.29, 1.82) is 0 Å². The molecule has 30 heavy (non-hydrogen) atoms. The topological polar surface area (TPSA) is 66.4 Å². The molecule has 1 aliphatic rings. The highest BCUT2D eigenvalue weighted by molar-refractivity contribution is 6.24. The zero-order chi connectivity index (χ0) is 21.1. The van der Waals surface area contributed by atoms with Crippen LogP contribution in [0.1, 0.15) is 39.5 Å². The van der Waals surface area contributed by atoms with E-state index in [0.717, 1.165) is 41.8 Å². The highest BCUT2D eigenvalue weighted by atomic mass is 16.4. The second-order valence-electron chi connectivity index (χ2n) is 7.50. The summed E-state index contributed by atoms with van der Waals surface area (Å²) in [4.78, 5) is 23.7. The van der Waals surface area contributed by atoms with Gasteiger partial charge >= 0.3 is 5.97 Å². The molecule has 1 aliphatic heterocycles. The van der Waals surface area contributed by atoms with Crippen LogP contribution in [0.4, 0.5) is 0 Å². The molecule has 2 N–H and O–H groups in total. The molecule has 0 amide bonds. The third-order valence-corrected chi connectivity index (χ3v) is 5.45. The maximum Gasteiger partial charge on any atom is 0.335 e. The zero-order valence-electron chi connectivity index (χ0n) is 16.8. The minimum Gasteiger partial charge on any atom is -0.478 e. The Kier molecular flexibility index (Phi) is 5.59. The number of carboxylic acid groups (broad SMARTS) is 1. The number of rotatable bonds is 5. The number of allylic oxidation sites excluding steroid dienone is 1. The van der Waals surface area contributed by atoms with Gasteiger partial charge in [-0.3, -0.25) is 4.79 Å². The van der Waals surface area contributed by atoms with Crippen molar-refractivity contribution in [2.45, 2.75) is 19.9 Å². The Balaban J connectivity index is 1.84. The monoisotopic (exact) mass is 397 g/mol. The second kappa shape index (κ2) is 8.47. The van der Waals surface area contributed by atoms with Crippen LogP contribution in [-0.4, -0.2) is 23.4 Å². The molecule has 0 saturated carbocycles. The highest BCUT2D eigenvalue weighted by Crippen LogP contribution is 2.33. The molecule has 0 bridgehead atoms. The first-order valence-electron chi connectivity index (χ1n) is 10.0. The van der Waals surface area contributed by atoms with Crippen molar-refractivity contribution in [2.75, 3.05) is 6.54 Å². The van der Waals surface area contributed by atoms with E-state index in [1.54, 1.807) is 31.2 Å². The van der Waals surface area contributed by atoms with Crippen LogP contribution in [0.15, 0.2) is 66.7 Å². The zero-order valence-corrected chi connectivity index (χ0v) is 16.8. The highest BCUT2D eigenvalue weighted by Gasteiger charge is 2.18. The molecule has 4 rings (SSSR count). The number of benzene rings is 3. The number of hydrogen-bond donors (Lipinski definition) is 2. The molecular weight excluding hydrogens is 374 g/mol. The number of fused-ring (bicyclic) bond motifs is 1. The molecule has 0 saturated heterocycles. The van der Waals surface area contributed by atoms with E-state index >= 15 is 0 Å². The molecule has 4 heteroatoms. The minimum atomic E-state index is -0.966. The number of carboxylic acids is 1. The quantitative estimate of drug-likeness (QED) is 0.478. The number of hydrogen-bond acceptors (Lipinski definition) is 3. The standard InChI is InChI=1S/C26H23NO3/c1-17(28)24(13-18-7-9-20(10-8-18)26(29)30)21-14-22-16-27-12-11-23(22)25(15-21)19-5-3-2-4-6-19/h2-10,13-15,27H,11-12,16H2,1H3,(H,29,30)/b24-13-. The van der Waals surface area contributed by atoms with Crippen LogP contribution in [0.3, 0.4) is 0 Å². The number of Topliss-reactive ketones (excluding diaryl/α,β-unsaturated/α-hetero) is 1. The van der Waals surface area contributed by atoms with Gasteiger partial charge in [0.1, 0.15) is 0 Å². The first-order chi connectivity index (χ1) is 14.5. The lowest BCUT2D eigenvalue weighted by atomic mass is 9.86. The normalized spacial score (nSPS) is 13.6. The fraction of sp³-hybridized carbons (Fsp3) is 0.154. The predicted molar refractivity (Wildman–Crippen MR) is 119 cm³/mol. The van der Waals surface area contributed by atoms with E-state index in [1.807, 2.05) is 24.3 Å². The number of carbonyl (C=O) groups excluding carboxylic acids is 1. The van der Waals surface area contributed by atoms with Crippen LogP contribution in [0.5, 0.6) is 0 Å². The van der Waals surface area contributed by atoms with Crippen LogP contribution in [0.2, 0.25) is 0 Å². The van der Waals surface area contributed by atoms with Crippen molar-refractivity contribution in [2.24, 2.45) is 0 Å². The Morgan fingerprint density at radius 1 is 0.967 bits per heavy atom. The Labute approximate surface area is 175 Å². The Morgan fingerprint density at radius 3 is 2.37 bits per heavy atom. The summed E-state index contributed by atoms with van der Waals surface area (Å²) >= 11 is 0. The Hall–Kier alpha value is -3.50. The van der Waals surface area contributed by atoms with Crippen LogP contribution in [-0.2, 0) is 17.8 Å². The second-order valence-corrected chi connectivity index (χ2v) is 7.50. The van der Waals surface area contributed by atoms with Gasteiger partial charge in [0.15, 0.2) is 5.78 Å². The van der Waals surface area contributed by atoms with Crippen molar-refractivity contribution >= 4 is 23.4 Å². The van der Waals surface area contributed by atoms with Gasteiger partial charge in [-0.05, 0) is 83.6 Å². The third kappa shape index (κ3) is 4.09. The lowest BCUT2D eigenvalue weighted by Crippen LogP contribution is -2.24. The van der Waals surface area contributed by atoms with Crippen molar-refractivity contribution in [3.05, 3.63) is 94.5 Å². The van der Waals surface area contributed by atoms with E-state index in [-0.39, 0.29) is 11.3 Å². The average molecular weight is 397 g/mol. The molecule has 0 fully saturated rings. The van der Waals surface area contributed by atoms with Gasteiger partial charge in [-0.1, -0.05) is 42.5 Å². The summed E-state index contributed by atoms with van der Waals surface area (Å²) in [6.07, 6.45) is 2.79. The summed E-state index contributed by atoms with van der Waals surface area (Å²) in [5, 5.41) is 12.5. The van der Waals surface area contributed by atoms with Gasteiger partial charge in [0.2, 0.25) is 0 Å². The fourth-order valence-electron chi connectivity index (χ4n) is 3.93. The van der Waals surface area contributed by atoms with E-state index in [2.05, 4.69) is 29.6 Å². The van der Waals surface area contributed by atoms with Gasteiger partial charge in [0.05, 0.1) is 5.56 Å². The van der Waals surface area contributed by atoms with Gasteiger partial charge in [-0.25, -0.2) is 4.79 Å². The van der Waals surface area contributed by atoms with Crippen molar-refractivity contribution in [3.63, 3.8) is 0 Å². The van der Waals surface area contributed by atoms with Crippen LogP contribution in [0, 0.1) is 0 Å². The fourth-order valence-corrected chi connectivity index (χ4v) is 3.93. The summed E-state index contributed by atoms with van der Waals surface area (Å²) < 4.78 is 0.